The summed E-state index contributed by atoms with van der Waals surface area (Å²) < 4.78 is 10.7. The van der Waals surface area contributed by atoms with Gasteiger partial charge in [0.15, 0.2) is 0 Å². The standard InChI is InChI=1S/C12H15ClO2/c1-5-6-15-11-7-10(14-4)8(2)9(3)12(11)13/h5,7H,1,6H2,2-4H3. The number of benzene rings is 1. The Labute approximate surface area is 95.5 Å². The third kappa shape index (κ3) is 2.45. The lowest BCUT2D eigenvalue weighted by molar-refractivity contribution is 0.356. The zero-order valence-corrected chi connectivity index (χ0v) is 10.0. The molecule has 0 bridgehead atoms. The number of ether oxygens (including phenoxy) is 2. The van der Waals surface area contributed by atoms with E-state index in [1.807, 2.05) is 13.8 Å². The zero-order chi connectivity index (χ0) is 11.4. The summed E-state index contributed by atoms with van der Waals surface area (Å²) in [5.74, 6) is 1.42. The van der Waals surface area contributed by atoms with Crippen LogP contribution in [0.3, 0.4) is 0 Å². The van der Waals surface area contributed by atoms with Crippen LogP contribution < -0.4 is 9.47 Å². The summed E-state index contributed by atoms with van der Waals surface area (Å²) in [6, 6.07) is 1.80. The fourth-order valence-electron chi connectivity index (χ4n) is 1.29. The predicted octanol–water partition coefficient (Wildman–Crippen LogP) is 3.53. The van der Waals surface area contributed by atoms with Crippen molar-refractivity contribution in [3.8, 4) is 11.5 Å². The van der Waals surface area contributed by atoms with Crippen molar-refractivity contribution in [3.05, 3.63) is 34.9 Å². The molecule has 0 fully saturated rings. The van der Waals surface area contributed by atoms with E-state index in [0.717, 1.165) is 16.9 Å². The summed E-state index contributed by atoms with van der Waals surface area (Å²) in [7, 11) is 1.63. The quantitative estimate of drug-likeness (QED) is 0.732. The molecule has 0 aliphatic rings. The maximum absolute atomic E-state index is 6.15. The van der Waals surface area contributed by atoms with Gasteiger partial charge in [-0.05, 0) is 25.0 Å². The van der Waals surface area contributed by atoms with Gasteiger partial charge in [-0.1, -0.05) is 24.3 Å². The Hall–Kier alpha value is -1.15. The molecule has 2 nitrogen and oxygen atoms in total. The van der Waals surface area contributed by atoms with Crippen molar-refractivity contribution < 1.29 is 9.47 Å². The van der Waals surface area contributed by atoms with E-state index in [9.17, 15) is 0 Å². The van der Waals surface area contributed by atoms with Gasteiger partial charge in [0.2, 0.25) is 0 Å². The van der Waals surface area contributed by atoms with E-state index in [4.69, 9.17) is 21.1 Å². The van der Waals surface area contributed by atoms with Crippen LogP contribution in [0, 0.1) is 13.8 Å². The molecule has 1 rings (SSSR count). The molecule has 0 heterocycles. The molecule has 3 heteroatoms. The summed E-state index contributed by atoms with van der Waals surface area (Å²) in [4.78, 5) is 0. The van der Waals surface area contributed by atoms with Crippen molar-refractivity contribution in [3.63, 3.8) is 0 Å². The highest BCUT2D eigenvalue weighted by atomic mass is 35.5. The molecular formula is C12H15ClO2. The van der Waals surface area contributed by atoms with Gasteiger partial charge in [0.1, 0.15) is 18.1 Å². The van der Waals surface area contributed by atoms with Gasteiger partial charge in [-0.25, -0.2) is 0 Å². The van der Waals surface area contributed by atoms with E-state index in [2.05, 4.69) is 6.58 Å². The number of hydrogen-bond acceptors (Lipinski definition) is 2. The molecule has 0 unspecified atom stereocenters. The van der Waals surface area contributed by atoms with Gasteiger partial charge in [0.05, 0.1) is 12.1 Å². The average molecular weight is 227 g/mol. The number of rotatable bonds is 4. The first-order valence-corrected chi connectivity index (χ1v) is 5.07. The first-order valence-electron chi connectivity index (χ1n) is 4.69. The van der Waals surface area contributed by atoms with E-state index in [0.29, 0.717) is 17.4 Å². The summed E-state index contributed by atoms with van der Waals surface area (Å²) in [5.41, 5.74) is 2.02. The van der Waals surface area contributed by atoms with Crippen molar-refractivity contribution in [1.29, 1.82) is 0 Å². The summed E-state index contributed by atoms with van der Waals surface area (Å²) >= 11 is 6.15. The molecular weight excluding hydrogens is 212 g/mol. The molecule has 1 aromatic carbocycles. The molecule has 82 valence electrons. The van der Waals surface area contributed by atoms with Gasteiger partial charge in [-0.15, -0.1) is 0 Å². The van der Waals surface area contributed by atoms with E-state index in [1.165, 1.54) is 0 Å². The van der Waals surface area contributed by atoms with Gasteiger partial charge >= 0.3 is 0 Å². The van der Waals surface area contributed by atoms with Crippen molar-refractivity contribution in [2.75, 3.05) is 13.7 Å². The Morgan fingerprint density at radius 1 is 1.33 bits per heavy atom. The number of methoxy groups -OCH3 is 1. The molecule has 0 amide bonds. The lowest BCUT2D eigenvalue weighted by Crippen LogP contribution is -1.98. The van der Waals surface area contributed by atoms with Gasteiger partial charge in [-0.2, -0.15) is 0 Å². The van der Waals surface area contributed by atoms with E-state index < -0.39 is 0 Å². The second kappa shape index (κ2) is 5.08. The summed E-state index contributed by atoms with van der Waals surface area (Å²) in [5, 5.41) is 0.634. The highest BCUT2D eigenvalue weighted by Gasteiger charge is 2.11. The number of halogens is 1. The van der Waals surface area contributed by atoms with Gasteiger partial charge < -0.3 is 9.47 Å². The van der Waals surface area contributed by atoms with Crippen LogP contribution in [0.15, 0.2) is 18.7 Å². The van der Waals surface area contributed by atoms with Gasteiger partial charge in [0.25, 0.3) is 0 Å². The van der Waals surface area contributed by atoms with E-state index in [1.54, 1.807) is 19.3 Å². The zero-order valence-electron chi connectivity index (χ0n) is 9.26. The third-order valence-corrected chi connectivity index (χ3v) is 2.79. The monoisotopic (exact) mass is 226 g/mol. The molecule has 0 aromatic heterocycles. The smallest absolute Gasteiger partial charge is 0.142 e. The van der Waals surface area contributed by atoms with Crippen LogP contribution in [0.25, 0.3) is 0 Å². The van der Waals surface area contributed by atoms with Crippen LogP contribution in [-0.4, -0.2) is 13.7 Å². The normalized spacial score (nSPS) is 9.87. The van der Waals surface area contributed by atoms with Crippen LogP contribution >= 0.6 is 11.6 Å². The minimum absolute atomic E-state index is 0.436. The third-order valence-electron chi connectivity index (χ3n) is 2.32. The average Bonchev–Trinajstić information content (AvgIpc) is 2.25. The largest absolute Gasteiger partial charge is 0.496 e. The Morgan fingerprint density at radius 3 is 2.53 bits per heavy atom. The molecule has 0 atom stereocenters. The lowest BCUT2D eigenvalue weighted by Gasteiger charge is -2.13. The van der Waals surface area contributed by atoms with Crippen LogP contribution in [0.2, 0.25) is 5.02 Å². The topological polar surface area (TPSA) is 18.5 Å². The van der Waals surface area contributed by atoms with Gasteiger partial charge in [-0.3, -0.25) is 0 Å². The summed E-state index contributed by atoms with van der Waals surface area (Å²) in [6.45, 7) is 7.94. The Bertz CT molecular complexity index is 372. The minimum Gasteiger partial charge on any atom is -0.496 e. The van der Waals surface area contributed by atoms with E-state index in [-0.39, 0.29) is 0 Å². The number of hydrogen-bond donors (Lipinski definition) is 0. The summed E-state index contributed by atoms with van der Waals surface area (Å²) in [6.07, 6.45) is 1.68. The first kappa shape index (κ1) is 11.9. The highest BCUT2D eigenvalue weighted by Crippen LogP contribution is 2.36. The van der Waals surface area contributed by atoms with Crippen LogP contribution in [0.1, 0.15) is 11.1 Å². The van der Waals surface area contributed by atoms with Crippen molar-refractivity contribution in [2.24, 2.45) is 0 Å². The minimum atomic E-state index is 0.436. The Morgan fingerprint density at radius 2 is 2.00 bits per heavy atom. The molecule has 0 radical (unpaired) electrons. The van der Waals surface area contributed by atoms with Crippen LogP contribution in [0.5, 0.6) is 11.5 Å². The fraction of sp³-hybridized carbons (Fsp3) is 0.333. The molecule has 0 saturated heterocycles. The maximum atomic E-state index is 6.15. The van der Waals surface area contributed by atoms with Crippen molar-refractivity contribution in [1.82, 2.24) is 0 Å². The van der Waals surface area contributed by atoms with Crippen LogP contribution in [0.4, 0.5) is 0 Å². The fourth-order valence-corrected chi connectivity index (χ4v) is 1.54. The second-order valence-electron chi connectivity index (χ2n) is 3.24. The molecule has 0 N–H and O–H groups in total. The Balaban J connectivity index is 3.16. The predicted molar refractivity (Wildman–Crippen MR) is 63.2 cm³/mol. The second-order valence-corrected chi connectivity index (χ2v) is 3.62. The first-order chi connectivity index (χ1) is 7.11. The van der Waals surface area contributed by atoms with E-state index >= 15 is 0 Å². The molecule has 0 spiro atoms. The van der Waals surface area contributed by atoms with Crippen molar-refractivity contribution in [2.45, 2.75) is 13.8 Å². The SMILES string of the molecule is C=CCOc1cc(OC)c(C)c(C)c1Cl. The highest BCUT2D eigenvalue weighted by molar-refractivity contribution is 6.33. The molecule has 15 heavy (non-hydrogen) atoms. The van der Waals surface area contributed by atoms with Gasteiger partial charge in [0, 0.05) is 6.07 Å². The van der Waals surface area contributed by atoms with Crippen molar-refractivity contribution >= 4 is 11.6 Å². The molecule has 1 aromatic rings. The molecule has 0 saturated carbocycles. The van der Waals surface area contributed by atoms with Crippen LogP contribution in [-0.2, 0) is 0 Å². The molecule has 0 aliphatic heterocycles. The lowest BCUT2D eigenvalue weighted by atomic mass is 10.1. The Kier molecular flexibility index (Phi) is 4.04. The molecule has 0 aliphatic carbocycles. The maximum Gasteiger partial charge on any atom is 0.142 e.